The van der Waals surface area contributed by atoms with Crippen LogP contribution < -0.4 is 0 Å². The number of aliphatic hydroxyl groups excluding tert-OH is 1. The number of nitrogens with one attached hydrogen (secondary N) is 2. The third kappa shape index (κ3) is 2.61. The number of aromatic amines is 2. The van der Waals surface area contributed by atoms with Crippen LogP contribution in [0.5, 0.6) is 0 Å². The number of carbonyl (C=O) groups excluding carboxylic acids is 1. The van der Waals surface area contributed by atoms with Crippen LogP contribution in [-0.4, -0.2) is 33.3 Å². The van der Waals surface area contributed by atoms with Crippen LogP contribution in [-0.2, 0) is 4.74 Å². The van der Waals surface area contributed by atoms with Crippen molar-refractivity contribution in [2.45, 2.75) is 51.7 Å². The number of H-pyrrole nitrogens is 2. The maximum atomic E-state index is 12.8. The lowest BCUT2D eigenvalue weighted by Crippen LogP contribution is -2.26. The highest BCUT2D eigenvalue weighted by molar-refractivity contribution is 6.15. The summed E-state index contributed by atoms with van der Waals surface area (Å²) in [7, 11) is 0. The van der Waals surface area contributed by atoms with E-state index in [-0.39, 0.29) is 18.2 Å². The summed E-state index contributed by atoms with van der Waals surface area (Å²) >= 11 is 0. The van der Waals surface area contributed by atoms with Crippen molar-refractivity contribution in [3.8, 4) is 0 Å². The van der Waals surface area contributed by atoms with E-state index in [9.17, 15) is 9.90 Å². The molecular weight excluding hydrogens is 352 g/mol. The van der Waals surface area contributed by atoms with Crippen LogP contribution in [0.2, 0.25) is 0 Å². The Morgan fingerprint density at radius 2 is 1.75 bits per heavy atom. The largest absolute Gasteiger partial charge is 0.458 e. The van der Waals surface area contributed by atoms with Gasteiger partial charge in [0.05, 0.1) is 11.6 Å². The molecule has 0 radical (unpaired) electrons. The first-order valence-corrected chi connectivity index (χ1v) is 9.94. The third-order valence-corrected chi connectivity index (χ3v) is 6.19. The van der Waals surface area contributed by atoms with Crippen LogP contribution >= 0.6 is 0 Å². The van der Waals surface area contributed by atoms with Crippen molar-refractivity contribution in [3.05, 3.63) is 47.2 Å². The minimum absolute atomic E-state index is 0.110. The number of esters is 1. The van der Waals surface area contributed by atoms with Gasteiger partial charge in [0.25, 0.3) is 0 Å². The van der Waals surface area contributed by atoms with Gasteiger partial charge < -0.3 is 19.8 Å². The summed E-state index contributed by atoms with van der Waals surface area (Å²) in [6.45, 7) is 4.07. The van der Waals surface area contributed by atoms with Gasteiger partial charge in [0, 0.05) is 27.2 Å². The normalized spacial score (nSPS) is 20.2. The van der Waals surface area contributed by atoms with Gasteiger partial charge in [0.15, 0.2) is 0 Å². The Kier molecular flexibility index (Phi) is 3.95. The minimum Gasteiger partial charge on any atom is -0.458 e. The standard InChI is InChI=1S/C23H24N2O3/c1-12-20-13(2)22(23(27)28-15-9-7-14(26)8-10-15)25-19(20)11-17-16-5-3-4-6-18(16)24-21(12)17/h3-6,11,14-15,24-26H,7-10H2,1-2H3. The van der Waals surface area contributed by atoms with Gasteiger partial charge in [-0.2, -0.15) is 0 Å². The molecule has 1 aliphatic carbocycles. The molecule has 0 aliphatic heterocycles. The van der Waals surface area contributed by atoms with Crippen LogP contribution in [0.1, 0.15) is 47.3 Å². The van der Waals surface area contributed by atoms with Crippen molar-refractivity contribution in [1.82, 2.24) is 9.97 Å². The summed E-state index contributed by atoms with van der Waals surface area (Å²) in [4.78, 5) is 19.6. The molecule has 2 aromatic carbocycles. The minimum atomic E-state index is -0.303. The number of ether oxygens (including phenoxy) is 1. The second-order valence-electron chi connectivity index (χ2n) is 7.98. The number of carbonyl (C=O) groups is 1. The number of fused-ring (bicyclic) bond motifs is 4. The van der Waals surface area contributed by atoms with Crippen molar-refractivity contribution in [3.63, 3.8) is 0 Å². The monoisotopic (exact) mass is 376 g/mol. The molecular formula is C23H24N2O3. The van der Waals surface area contributed by atoms with Crippen LogP contribution in [0.25, 0.3) is 32.7 Å². The molecule has 144 valence electrons. The molecule has 0 amide bonds. The van der Waals surface area contributed by atoms with E-state index in [0.29, 0.717) is 18.5 Å². The van der Waals surface area contributed by atoms with Gasteiger partial charge in [-0.1, -0.05) is 18.2 Å². The first-order valence-electron chi connectivity index (χ1n) is 9.94. The highest BCUT2D eigenvalue weighted by Gasteiger charge is 2.25. The lowest BCUT2D eigenvalue weighted by molar-refractivity contribution is 0.00408. The highest BCUT2D eigenvalue weighted by atomic mass is 16.5. The van der Waals surface area contributed by atoms with Crippen molar-refractivity contribution >= 4 is 38.7 Å². The zero-order valence-corrected chi connectivity index (χ0v) is 16.1. The second kappa shape index (κ2) is 6.38. The first kappa shape index (κ1) is 17.3. The van der Waals surface area contributed by atoms with Gasteiger partial charge in [-0.3, -0.25) is 0 Å². The van der Waals surface area contributed by atoms with Gasteiger partial charge in [0.1, 0.15) is 11.8 Å². The summed E-state index contributed by atoms with van der Waals surface area (Å²) < 4.78 is 5.74. The Labute approximate surface area is 162 Å². The van der Waals surface area contributed by atoms with E-state index in [1.807, 2.05) is 19.1 Å². The Balaban J connectivity index is 1.57. The number of benzene rings is 2. The maximum Gasteiger partial charge on any atom is 0.355 e. The third-order valence-electron chi connectivity index (χ3n) is 6.19. The Hall–Kier alpha value is -2.79. The van der Waals surface area contributed by atoms with Crippen LogP contribution in [0.4, 0.5) is 0 Å². The van der Waals surface area contributed by atoms with E-state index in [0.717, 1.165) is 51.3 Å². The molecule has 2 heterocycles. The number of hydrogen-bond acceptors (Lipinski definition) is 3. The van der Waals surface area contributed by atoms with Gasteiger partial charge in [-0.15, -0.1) is 0 Å². The number of aromatic nitrogens is 2. The summed E-state index contributed by atoms with van der Waals surface area (Å²) in [6.07, 6.45) is 2.47. The summed E-state index contributed by atoms with van der Waals surface area (Å²) in [5.41, 5.74) is 5.77. The molecule has 5 heteroatoms. The van der Waals surface area contributed by atoms with E-state index in [1.54, 1.807) is 0 Å². The number of rotatable bonds is 2. The molecule has 0 unspecified atom stereocenters. The van der Waals surface area contributed by atoms with Gasteiger partial charge in [-0.05, 0) is 62.8 Å². The smallest absolute Gasteiger partial charge is 0.355 e. The predicted molar refractivity (Wildman–Crippen MR) is 111 cm³/mol. The zero-order chi connectivity index (χ0) is 19.4. The van der Waals surface area contributed by atoms with Crippen molar-refractivity contribution < 1.29 is 14.6 Å². The van der Waals surface area contributed by atoms with E-state index in [2.05, 4.69) is 35.1 Å². The fourth-order valence-electron chi connectivity index (χ4n) is 4.67. The summed E-state index contributed by atoms with van der Waals surface area (Å²) in [6, 6.07) is 10.4. The van der Waals surface area contributed by atoms with Gasteiger partial charge >= 0.3 is 5.97 Å². The fraction of sp³-hybridized carbons (Fsp3) is 0.348. The molecule has 1 fully saturated rings. The molecule has 3 N–H and O–H groups in total. The van der Waals surface area contributed by atoms with Crippen LogP contribution in [0.3, 0.4) is 0 Å². The number of hydrogen-bond donors (Lipinski definition) is 3. The second-order valence-corrected chi connectivity index (χ2v) is 7.98. The predicted octanol–water partition coefficient (Wildman–Crippen LogP) is 4.88. The molecule has 4 aromatic rings. The zero-order valence-electron chi connectivity index (χ0n) is 16.1. The average molecular weight is 376 g/mol. The fourth-order valence-corrected chi connectivity index (χ4v) is 4.67. The average Bonchev–Trinajstić information content (AvgIpc) is 3.23. The number of para-hydroxylation sites is 1. The summed E-state index contributed by atoms with van der Waals surface area (Å²) in [5, 5.41) is 13.1. The van der Waals surface area contributed by atoms with E-state index in [4.69, 9.17) is 4.74 Å². The molecule has 1 aliphatic rings. The van der Waals surface area contributed by atoms with E-state index in [1.165, 1.54) is 5.39 Å². The molecule has 5 nitrogen and oxygen atoms in total. The van der Waals surface area contributed by atoms with Crippen molar-refractivity contribution in [2.75, 3.05) is 0 Å². The molecule has 0 atom stereocenters. The molecule has 0 spiro atoms. The van der Waals surface area contributed by atoms with Crippen molar-refractivity contribution in [1.29, 1.82) is 0 Å². The Morgan fingerprint density at radius 1 is 1.00 bits per heavy atom. The van der Waals surface area contributed by atoms with Crippen LogP contribution in [0, 0.1) is 13.8 Å². The first-order chi connectivity index (χ1) is 13.5. The van der Waals surface area contributed by atoms with E-state index >= 15 is 0 Å². The van der Waals surface area contributed by atoms with Crippen LogP contribution in [0.15, 0.2) is 30.3 Å². The number of aliphatic hydroxyl groups is 1. The lowest BCUT2D eigenvalue weighted by Gasteiger charge is -2.25. The molecule has 1 saturated carbocycles. The maximum absolute atomic E-state index is 12.8. The molecule has 5 rings (SSSR count). The van der Waals surface area contributed by atoms with E-state index < -0.39 is 0 Å². The lowest BCUT2D eigenvalue weighted by atomic mass is 9.95. The molecule has 0 saturated heterocycles. The van der Waals surface area contributed by atoms with Gasteiger partial charge in [-0.25, -0.2) is 4.79 Å². The topological polar surface area (TPSA) is 78.1 Å². The van der Waals surface area contributed by atoms with Gasteiger partial charge in [0.2, 0.25) is 0 Å². The SMILES string of the molecule is Cc1c(C(=O)OC2CCC(O)CC2)[nH]c2cc3c([nH]c4ccccc43)c(C)c12. The summed E-state index contributed by atoms with van der Waals surface area (Å²) in [5.74, 6) is -0.303. The molecule has 0 bridgehead atoms. The molecule has 2 aromatic heterocycles. The number of aryl methyl sites for hydroxylation is 2. The Morgan fingerprint density at radius 3 is 2.54 bits per heavy atom. The Bertz CT molecular complexity index is 1210. The quantitative estimate of drug-likeness (QED) is 0.436. The highest BCUT2D eigenvalue weighted by Crippen LogP contribution is 2.35. The molecule has 28 heavy (non-hydrogen) atoms. The van der Waals surface area contributed by atoms with Crippen molar-refractivity contribution in [2.24, 2.45) is 0 Å².